The topological polar surface area (TPSA) is 146 Å². The smallest absolute Gasteiger partial charge is 0.371 e. The molecule has 1 aromatic carbocycles. The number of carboxylic acid groups (broad SMARTS) is 1. The van der Waals surface area contributed by atoms with Crippen molar-refractivity contribution in [2.45, 2.75) is 11.8 Å². The summed E-state index contributed by atoms with van der Waals surface area (Å²) >= 11 is 0. The van der Waals surface area contributed by atoms with Gasteiger partial charge in [-0.05, 0) is 31.2 Å². The molecule has 4 N–H and O–H groups in total. The quantitative estimate of drug-likeness (QED) is 0.583. The Balaban J connectivity index is 2.14. The first-order valence-electron chi connectivity index (χ1n) is 6.15. The van der Waals surface area contributed by atoms with Gasteiger partial charge in [-0.2, -0.15) is 0 Å². The van der Waals surface area contributed by atoms with Gasteiger partial charge in [-0.15, -0.1) is 4.83 Å². The number of sulfonamides is 1. The van der Waals surface area contributed by atoms with Crippen molar-refractivity contribution in [1.82, 2.24) is 10.3 Å². The minimum absolute atomic E-state index is 0.0441. The monoisotopic (exact) mass is 340 g/mol. The van der Waals surface area contributed by atoms with Gasteiger partial charge in [-0.3, -0.25) is 10.2 Å². The predicted octanol–water partition coefficient (Wildman–Crippen LogP) is 0.615. The Morgan fingerprint density at radius 1 is 1.17 bits per heavy atom. The molecule has 0 spiro atoms. The van der Waals surface area contributed by atoms with Gasteiger partial charge in [0, 0.05) is 11.6 Å². The van der Waals surface area contributed by atoms with Crippen LogP contribution in [0.2, 0.25) is 0 Å². The number of furan rings is 1. The third-order valence-corrected chi connectivity index (χ3v) is 4.16. The molecule has 1 amide bonds. The van der Waals surface area contributed by atoms with Gasteiger partial charge in [0.2, 0.25) is 5.76 Å². The number of aromatic carboxylic acids is 1. The van der Waals surface area contributed by atoms with Crippen molar-refractivity contribution in [3.63, 3.8) is 0 Å². The fraction of sp³-hybridized carbons (Fsp3) is 0.0769. The van der Waals surface area contributed by atoms with Gasteiger partial charge in [0.25, 0.3) is 15.9 Å². The maximum Gasteiger partial charge on any atom is 0.371 e. The fourth-order valence-corrected chi connectivity index (χ4v) is 2.71. The Kier molecular flexibility index (Phi) is 4.38. The molecule has 0 saturated heterocycles. The van der Waals surface area contributed by atoms with Crippen molar-refractivity contribution in [2.75, 3.05) is 0 Å². The van der Waals surface area contributed by atoms with E-state index in [1.807, 2.05) is 10.3 Å². The van der Waals surface area contributed by atoms with Crippen LogP contribution in [0.4, 0.5) is 0 Å². The van der Waals surface area contributed by atoms with Crippen LogP contribution in [0.1, 0.15) is 26.7 Å². The summed E-state index contributed by atoms with van der Waals surface area (Å²) in [5.41, 5.74) is 2.09. The van der Waals surface area contributed by atoms with Crippen LogP contribution in [0.5, 0.6) is 5.75 Å². The van der Waals surface area contributed by atoms with Gasteiger partial charge in [-0.25, -0.2) is 13.2 Å². The van der Waals surface area contributed by atoms with Crippen molar-refractivity contribution in [3.05, 3.63) is 47.4 Å². The average molecular weight is 340 g/mol. The number of hydrogen-bond donors (Lipinski definition) is 4. The molecule has 1 heterocycles. The molecule has 0 saturated carbocycles. The molecule has 0 fully saturated rings. The lowest BCUT2D eigenvalue weighted by molar-refractivity contribution is 0.0660. The molecule has 10 heteroatoms. The lowest BCUT2D eigenvalue weighted by atomic mass is 10.2. The molecular formula is C13H12N2O7S. The second-order valence-electron chi connectivity index (χ2n) is 4.44. The second-order valence-corrected chi connectivity index (χ2v) is 6.09. The van der Waals surface area contributed by atoms with Crippen molar-refractivity contribution in [1.29, 1.82) is 0 Å². The SMILES string of the molecule is Cc1oc(C(=O)O)cc1S(=O)(=O)NNC(=O)c1ccc(O)cc1. The Bertz CT molecular complexity index is 853. The van der Waals surface area contributed by atoms with Crippen LogP contribution >= 0.6 is 0 Å². The second kappa shape index (κ2) is 6.10. The standard InChI is InChI=1S/C13H12N2O7S/c1-7-11(6-10(22-7)13(18)19)23(20,21)15-14-12(17)8-2-4-9(16)5-3-8/h2-6,15-16H,1H3,(H,14,17)(H,18,19). The molecule has 9 nitrogen and oxygen atoms in total. The maximum atomic E-state index is 12.1. The number of carboxylic acids is 1. The van der Waals surface area contributed by atoms with Crippen LogP contribution in [0.25, 0.3) is 0 Å². The van der Waals surface area contributed by atoms with Crippen LogP contribution in [-0.4, -0.2) is 30.5 Å². The Morgan fingerprint density at radius 3 is 2.30 bits per heavy atom. The number of carbonyl (C=O) groups excluding carboxylic acids is 1. The Hall–Kier alpha value is -2.85. The van der Waals surface area contributed by atoms with Crippen LogP contribution in [0.15, 0.2) is 39.6 Å². The number of benzene rings is 1. The van der Waals surface area contributed by atoms with E-state index < -0.39 is 32.6 Å². The normalized spacial score (nSPS) is 11.2. The molecule has 0 aliphatic carbocycles. The Labute approximate surface area is 130 Å². The van der Waals surface area contributed by atoms with E-state index in [4.69, 9.17) is 14.6 Å². The van der Waals surface area contributed by atoms with E-state index in [1.54, 1.807) is 0 Å². The molecular weight excluding hydrogens is 328 g/mol. The molecule has 2 rings (SSSR count). The number of nitrogens with one attached hydrogen (secondary N) is 2. The van der Waals surface area contributed by atoms with E-state index in [0.717, 1.165) is 6.07 Å². The lowest BCUT2D eigenvalue weighted by Gasteiger charge is -2.07. The number of carbonyl (C=O) groups is 2. The van der Waals surface area contributed by atoms with Gasteiger partial charge in [0.15, 0.2) is 0 Å². The summed E-state index contributed by atoms with van der Waals surface area (Å²) in [5.74, 6) is -2.88. The zero-order valence-electron chi connectivity index (χ0n) is 11.7. The molecule has 0 unspecified atom stereocenters. The number of aryl methyl sites for hydroxylation is 1. The van der Waals surface area contributed by atoms with Gasteiger partial charge in [0.05, 0.1) is 0 Å². The molecule has 0 atom stereocenters. The number of amides is 1. The van der Waals surface area contributed by atoms with Crippen LogP contribution in [-0.2, 0) is 10.0 Å². The molecule has 0 aliphatic rings. The highest BCUT2D eigenvalue weighted by atomic mass is 32.2. The average Bonchev–Trinajstić information content (AvgIpc) is 2.89. The van der Waals surface area contributed by atoms with E-state index in [1.165, 1.54) is 31.2 Å². The summed E-state index contributed by atoms with van der Waals surface area (Å²) in [4.78, 5) is 24.0. The largest absolute Gasteiger partial charge is 0.508 e. The van der Waals surface area contributed by atoms with Gasteiger partial charge >= 0.3 is 5.97 Å². The van der Waals surface area contributed by atoms with Gasteiger partial charge in [-0.1, -0.05) is 0 Å². The molecule has 0 aliphatic heterocycles. The lowest BCUT2D eigenvalue weighted by Crippen LogP contribution is -2.41. The van der Waals surface area contributed by atoms with Crippen molar-refractivity contribution in [3.8, 4) is 5.75 Å². The summed E-state index contributed by atoms with van der Waals surface area (Å²) in [6.07, 6.45) is 0. The van der Waals surface area contributed by atoms with E-state index >= 15 is 0 Å². The highest BCUT2D eigenvalue weighted by Gasteiger charge is 2.24. The summed E-state index contributed by atoms with van der Waals surface area (Å²) in [6, 6.07) is 5.97. The molecule has 1 aromatic heterocycles. The van der Waals surface area contributed by atoms with Crippen LogP contribution in [0, 0.1) is 6.92 Å². The minimum Gasteiger partial charge on any atom is -0.508 e. The molecule has 0 radical (unpaired) electrons. The first-order chi connectivity index (χ1) is 10.7. The maximum absolute atomic E-state index is 12.1. The van der Waals surface area contributed by atoms with Crippen molar-refractivity contribution < 1.29 is 32.6 Å². The summed E-state index contributed by atoms with van der Waals surface area (Å²) in [5, 5.41) is 17.9. The van der Waals surface area contributed by atoms with E-state index in [-0.39, 0.29) is 17.1 Å². The first kappa shape index (κ1) is 16.5. The number of hydrazine groups is 1. The number of rotatable bonds is 5. The molecule has 0 bridgehead atoms. The van der Waals surface area contributed by atoms with Crippen LogP contribution in [0.3, 0.4) is 0 Å². The van der Waals surface area contributed by atoms with E-state index in [9.17, 15) is 18.0 Å². The van der Waals surface area contributed by atoms with Gasteiger partial charge < -0.3 is 14.6 Å². The summed E-state index contributed by atoms with van der Waals surface area (Å²) < 4.78 is 28.9. The third kappa shape index (κ3) is 3.67. The number of aromatic hydroxyl groups is 1. The number of hydrogen-bond acceptors (Lipinski definition) is 6. The number of phenolic OH excluding ortho intramolecular Hbond substituents is 1. The van der Waals surface area contributed by atoms with Crippen molar-refractivity contribution >= 4 is 21.9 Å². The van der Waals surface area contributed by atoms with E-state index in [2.05, 4.69) is 0 Å². The molecule has 23 heavy (non-hydrogen) atoms. The highest BCUT2D eigenvalue weighted by Crippen LogP contribution is 2.19. The molecule has 2 aromatic rings. The van der Waals surface area contributed by atoms with Crippen LogP contribution < -0.4 is 10.3 Å². The highest BCUT2D eigenvalue weighted by molar-refractivity contribution is 7.89. The molecule has 122 valence electrons. The zero-order valence-corrected chi connectivity index (χ0v) is 12.5. The third-order valence-electron chi connectivity index (χ3n) is 2.80. The zero-order chi connectivity index (χ0) is 17.2. The summed E-state index contributed by atoms with van der Waals surface area (Å²) in [7, 11) is -4.20. The summed E-state index contributed by atoms with van der Waals surface area (Å²) in [6.45, 7) is 1.28. The minimum atomic E-state index is -4.20. The first-order valence-corrected chi connectivity index (χ1v) is 7.64. The van der Waals surface area contributed by atoms with Crippen molar-refractivity contribution in [2.24, 2.45) is 0 Å². The van der Waals surface area contributed by atoms with Gasteiger partial charge in [0.1, 0.15) is 16.4 Å². The van der Waals surface area contributed by atoms with E-state index in [0.29, 0.717) is 0 Å². The fourth-order valence-electron chi connectivity index (χ4n) is 1.69. The predicted molar refractivity (Wildman–Crippen MR) is 76.3 cm³/mol. The number of phenols is 1. The Morgan fingerprint density at radius 2 is 1.78 bits per heavy atom.